The molecule has 0 aliphatic carbocycles. The highest BCUT2D eigenvalue weighted by atomic mass is 35.5. The maximum Gasteiger partial charge on any atom is 0.235 e. The van der Waals surface area contributed by atoms with Gasteiger partial charge >= 0.3 is 0 Å². The van der Waals surface area contributed by atoms with Gasteiger partial charge in [0.1, 0.15) is 19.1 Å². The zero-order valence-corrected chi connectivity index (χ0v) is 12.1. The number of nitrogens with zero attached hydrogens (tertiary/aromatic N) is 1. The Balaban J connectivity index is 1.75. The van der Waals surface area contributed by atoms with Crippen molar-refractivity contribution in [3.8, 4) is 11.5 Å². The lowest BCUT2D eigenvalue weighted by Crippen LogP contribution is -2.37. The first-order valence-electron chi connectivity index (χ1n) is 6.72. The minimum atomic E-state index is -0.265. The molecule has 1 N–H and O–H groups in total. The van der Waals surface area contributed by atoms with Crippen LogP contribution < -0.4 is 19.7 Å². The van der Waals surface area contributed by atoms with Crippen molar-refractivity contribution >= 4 is 29.1 Å². The zero-order chi connectivity index (χ0) is 14.8. The molecule has 2 amide bonds. The number of ether oxygens (including phenoxy) is 2. The first kappa shape index (κ1) is 14.0. The SMILES string of the molecule is O=C(CCl)N[C@@H]1CC(=O)N(c2ccc3c(c2)OCCO3)C1. The van der Waals surface area contributed by atoms with Crippen LogP contribution in [0.2, 0.25) is 0 Å². The van der Waals surface area contributed by atoms with Gasteiger partial charge in [0.2, 0.25) is 11.8 Å². The molecule has 0 aromatic heterocycles. The van der Waals surface area contributed by atoms with Crippen molar-refractivity contribution in [1.82, 2.24) is 5.32 Å². The van der Waals surface area contributed by atoms with Gasteiger partial charge in [-0.25, -0.2) is 0 Å². The minimum absolute atomic E-state index is 0.0356. The molecule has 1 fully saturated rings. The summed E-state index contributed by atoms with van der Waals surface area (Å²) in [4.78, 5) is 25.0. The van der Waals surface area contributed by atoms with E-state index < -0.39 is 0 Å². The monoisotopic (exact) mass is 310 g/mol. The van der Waals surface area contributed by atoms with Gasteiger partial charge in [0.25, 0.3) is 0 Å². The van der Waals surface area contributed by atoms with E-state index in [9.17, 15) is 9.59 Å². The van der Waals surface area contributed by atoms with Crippen LogP contribution in [-0.2, 0) is 9.59 Å². The summed E-state index contributed by atoms with van der Waals surface area (Å²) in [7, 11) is 0. The predicted molar refractivity (Wildman–Crippen MR) is 77.1 cm³/mol. The molecule has 0 radical (unpaired) electrons. The van der Waals surface area contributed by atoms with Crippen LogP contribution in [0.1, 0.15) is 6.42 Å². The molecule has 1 aromatic carbocycles. The van der Waals surface area contributed by atoms with Gasteiger partial charge in [0.15, 0.2) is 11.5 Å². The first-order valence-corrected chi connectivity index (χ1v) is 7.26. The summed E-state index contributed by atoms with van der Waals surface area (Å²) >= 11 is 5.46. The highest BCUT2D eigenvalue weighted by molar-refractivity contribution is 6.27. The largest absolute Gasteiger partial charge is 0.486 e. The van der Waals surface area contributed by atoms with Crippen LogP contribution in [0.3, 0.4) is 0 Å². The number of amides is 2. The van der Waals surface area contributed by atoms with Crippen LogP contribution in [0.5, 0.6) is 11.5 Å². The van der Waals surface area contributed by atoms with Crippen LogP contribution >= 0.6 is 11.6 Å². The molecular weight excluding hydrogens is 296 g/mol. The van der Waals surface area contributed by atoms with Gasteiger partial charge in [0.05, 0.1) is 6.04 Å². The van der Waals surface area contributed by atoms with E-state index in [2.05, 4.69) is 5.32 Å². The molecular formula is C14H15ClN2O4. The number of hydrogen-bond acceptors (Lipinski definition) is 4. The van der Waals surface area contributed by atoms with Gasteiger partial charge < -0.3 is 19.7 Å². The van der Waals surface area contributed by atoms with Gasteiger partial charge in [0, 0.05) is 24.7 Å². The van der Waals surface area contributed by atoms with E-state index >= 15 is 0 Å². The molecule has 1 aromatic rings. The van der Waals surface area contributed by atoms with Crippen molar-refractivity contribution in [2.75, 3.05) is 30.5 Å². The number of anilines is 1. The summed E-state index contributed by atoms with van der Waals surface area (Å²) in [6.07, 6.45) is 0.275. The Kier molecular flexibility index (Phi) is 3.88. The Morgan fingerprint density at radius 1 is 1.33 bits per heavy atom. The molecule has 3 rings (SSSR count). The lowest BCUT2D eigenvalue weighted by atomic mass is 10.2. The highest BCUT2D eigenvalue weighted by Gasteiger charge is 2.32. The van der Waals surface area contributed by atoms with Crippen LogP contribution in [0.25, 0.3) is 0 Å². The van der Waals surface area contributed by atoms with Crippen molar-refractivity contribution in [3.05, 3.63) is 18.2 Å². The molecule has 1 saturated heterocycles. The van der Waals surface area contributed by atoms with Crippen molar-refractivity contribution in [3.63, 3.8) is 0 Å². The number of carbonyl (C=O) groups excluding carboxylic acids is 2. The number of fused-ring (bicyclic) bond motifs is 1. The van der Waals surface area contributed by atoms with Crippen LogP contribution in [0.4, 0.5) is 5.69 Å². The topological polar surface area (TPSA) is 67.9 Å². The third kappa shape index (κ3) is 2.90. The third-order valence-corrected chi connectivity index (χ3v) is 3.69. The van der Waals surface area contributed by atoms with E-state index in [0.717, 1.165) is 5.69 Å². The second kappa shape index (κ2) is 5.81. The lowest BCUT2D eigenvalue weighted by molar-refractivity contribution is -0.119. The smallest absolute Gasteiger partial charge is 0.235 e. The minimum Gasteiger partial charge on any atom is -0.486 e. The molecule has 0 bridgehead atoms. The normalized spacial score (nSPS) is 20.5. The Morgan fingerprint density at radius 3 is 2.86 bits per heavy atom. The summed E-state index contributed by atoms with van der Waals surface area (Å²) < 4.78 is 11.0. The molecule has 2 aliphatic rings. The quantitative estimate of drug-likeness (QED) is 0.843. The van der Waals surface area contributed by atoms with E-state index in [4.69, 9.17) is 21.1 Å². The average Bonchev–Trinajstić information content (AvgIpc) is 2.87. The Morgan fingerprint density at radius 2 is 2.10 bits per heavy atom. The molecule has 0 spiro atoms. The molecule has 2 heterocycles. The van der Waals surface area contributed by atoms with E-state index in [0.29, 0.717) is 31.3 Å². The number of halogens is 1. The van der Waals surface area contributed by atoms with Crippen molar-refractivity contribution < 1.29 is 19.1 Å². The Hall–Kier alpha value is -1.95. The summed E-state index contributed by atoms with van der Waals surface area (Å²) in [6.45, 7) is 1.46. The molecule has 1 atom stereocenters. The number of alkyl halides is 1. The summed E-state index contributed by atoms with van der Waals surface area (Å²) in [5, 5.41) is 2.73. The molecule has 6 nitrogen and oxygen atoms in total. The number of benzene rings is 1. The van der Waals surface area contributed by atoms with Gasteiger partial charge in [-0.3, -0.25) is 9.59 Å². The van der Waals surface area contributed by atoms with Gasteiger partial charge in [-0.05, 0) is 12.1 Å². The summed E-state index contributed by atoms with van der Waals surface area (Å²) in [5.41, 5.74) is 0.742. The van der Waals surface area contributed by atoms with Gasteiger partial charge in [-0.2, -0.15) is 0 Å². The Labute approximate surface area is 127 Å². The first-order chi connectivity index (χ1) is 10.2. The van der Waals surface area contributed by atoms with Gasteiger partial charge in [-0.1, -0.05) is 0 Å². The fourth-order valence-corrected chi connectivity index (χ4v) is 2.60. The fourth-order valence-electron chi connectivity index (χ4n) is 2.52. The summed E-state index contributed by atoms with van der Waals surface area (Å²) in [6, 6.07) is 5.19. The maximum atomic E-state index is 12.1. The number of carbonyl (C=O) groups is 2. The second-order valence-corrected chi connectivity index (χ2v) is 5.20. The van der Waals surface area contributed by atoms with E-state index in [1.54, 1.807) is 17.0 Å². The third-order valence-electron chi connectivity index (χ3n) is 3.45. The predicted octanol–water partition coefficient (Wildman–Crippen LogP) is 0.918. The van der Waals surface area contributed by atoms with Crippen molar-refractivity contribution in [1.29, 1.82) is 0 Å². The Bertz CT molecular complexity index is 578. The number of nitrogens with one attached hydrogen (secondary N) is 1. The van der Waals surface area contributed by atoms with Crippen LogP contribution in [0.15, 0.2) is 18.2 Å². The van der Waals surface area contributed by atoms with Crippen LogP contribution in [-0.4, -0.2) is 43.5 Å². The van der Waals surface area contributed by atoms with E-state index in [1.807, 2.05) is 6.07 Å². The molecule has 0 saturated carbocycles. The van der Waals surface area contributed by atoms with Crippen molar-refractivity contribution in [2.45, 2.75) is 12.5 Å². The number of hydrogen-bond donors (Lipinski definition) is 1. The standard InChI is InChI=1S/C14H15ClN2O4/c15-7-13(18)16-9-5-14(19)17(8-9)10-1-2-11-12(6-10)21-4-3-20-11/h1-2,6,9H,3-5,7-8H2,(H,16,18)/t9-/m1/s1. The molecule has 21 heavy (non-hydrogen) atoms. The van der Waals surface area contributed by atoms with Gasteiger partial charge in [-0.15, -0.1) is 11.6 Å². The van der Waals surface area contributed by atoms with E-state index in [-0.39, 0.29) is 30.2 Å². The zero-order valence-electron chi connectivity index (χ0n) is 11.3. The molecule has 7 heteroatoms. The molecule has 2 aliphatic heterocycles. The fraction of sp³-hybridized carbons (Fsp3) is 0.429. The summed E-state index contributed by atoms with van der Waals surface area (Å²) in [5.74, 6) is 0.919. The lowest BCUT2D eigenvalue weighted by Gasteiger charge is -2.22. The van der Waals surface area contributed by atoms with Crippen molar-refractivity contribution in [2.24, 2.45) is 0 Å². The van der Waals surface area contributed by atoms with Crippen LogP contribution in [0, 0.1) is 0 Å². The maximum absolute atomic E-state index is 12.1. The average molecular weight is 311 g/mol. The molecule has 0 unspecified atom stereocenters. The number of rotatable bonds is 3. The second-order valence-electron chi connectivity index (χ2n) is 4.93. The highest BCUT2D eigenvalue weighted by Crippen LogP contribution is 2.35. The van der Waals surface area contributed by atoms with E-state index in [1.165, 1.54) is 0 Å². The molecule has 112 valence electrons.